The number of ether oxygens (including phenoxy) is 1. The van der Waals surface area contributed by atoms with Gasteiger partial charge in [-0.05, 0) is 19.1 Å². The zero-order valence-corrected chi connectivity index (χ0v) is 9.12. The summed E-state index contributed by atoms with van der Waals surface area (Å²) in [6.07, 6.45) is 0. The summed E-state index contributed by atoms with van der Waals surface area (Å²) in [4.78, 5) is 12.2. The summed E-state index contributed by atoms with van der Waals surface area (Å²) in [5, 5.41) is 1.86. The fourth-order valence-electron chi connectivity index (χ4n) is 1.11. The van der Waals surface area contributed by atoms with Crippen LogP contribution in [0.2, 0.25) is 5.15 Å². The number of hydrogen-bond donors (Lipinski definition) is 1. The number of fused-ring (bicyclic) bond motifs is 1. The molecule has 15 heavy (non-hydrogen) atoms. The Morgan fingerprint density at radius 1 is 1.47 bits per heavy atom. The summed E-state index contributed by atoms with van der Waals surface area (Å²) in [5.74, 6) is 0. The number of nitrogens with one attached hydrogen (secondary N) is 1. The third-order valence-corrected chi connectivity index (χ3v) is 1.94. The van der Waals surface area contributed by atoms with Crippen molar-refractivity contribution in [2.24, 2.45) is 0 Å². The van der Waals surface area contributed by atoms with Gasteiger partial charge in [-0.15, -0.1) is 0 Å². The molecule has 0 spiro atoms. The average Bonchev–Trinajstić information content (AvgIpc) is 2.60. The Hall–Kier alpha value is -1.48. The molecule has 0 saturated carbocycles. The van der Waals surface area contributed by atoms with E-state index in [1.54, 1.807) is 6.92 Å². The van der Waals surface area contributed by atoms with Crippen LogP contribution in [0.4, 0.5) is 0 Å². The van der Waals surface area contributed by atoms with Crippen LogP contribution in [-0.4, -0.2) is 18.1 Å². The maximum Gasteiger partial charge on any atom is 0.293 e. The second kappa shape index (κ2) is 6.09. The minimum Gasteiger partial charge on any atom is -0.468 e. The highest BCUT2D eigenvalue weighted by atomic mass is 35.5. The van der Waals surface area contributed by atoms with Gasteiger partial charge in [-0.3, -0.25) is 4.79 Å². The van der Waals surface area contributed by atoms with Crippen molar-refractivity contribution in [2.75, 3.05) is 6.61 Å². The number of carbonyl (C=O) groups excluding carboxylic acids is 1. The van der Waals surface area contributed by atoms with E-state index in [9.17, 15) is 4.79 Å². The number of benzene rings is 1. The highest BCUT2D eigenvalue weighted by Crippen LogP contribution is 2.17. The normalized spacial score (nSPS) is 9.20. The van der Waals surface area contributed by atoms with Crippen LogP contribution in [0.5, 0.6) is 0 Å². The molecule has 80 valence electrons. The first-order valence-electron chi connectivity index (χ1n) is 4.56. The van der Waals surface area contributed by atoms with Crippen LogP contribution in [0.3, 0.4) is 0 Å². The van der Waals surface area contributed by atoms with Gasteiger partial charge in [-0.25, -0.2) is 0 Å². The molecule has 1 aromatic heterocycles. The number of rotatable bonds is 2. The van der Waals surface area contributed by atoms with Gasteiger partial charge in [0.2, 0.25) is 0 Å². The van der Waals surface area contributed by atoms with Gasteiger partial charge < -0.3 is 9.72 Å². The number of H-pyrrole nitrogens is 1. The van der Waals surface area contributed by atoms with Crippen LogP contribution in [-0.2, 0) is 9.53 Å². The Morgan fingerprint density at radius 2 is 2.20 bits per heavy atom. The number of aromatic amines is 1. The molecule has 1 heterocycles. The third-order valence-electron chi connectivity index (χ3n) is 1.73. The molecule has 0 fully saturated rings. The van der Waals surface area contributed by atoms with Crippen LogP contribution in [0, 0.1) is 0 Å². The summed E-state index contributed by atoms with van der Waals surface area (Å²) in [6, 6.07) is 9.91. The van der Waals surface area contributed by atoms with Crippen molar-refractivity contribution < 1.29 is 9.53 Å². The molecule has 0 bridgehead atoms. The maximum atomic E-state index is 9.18. The second-order valence-corrected chi connectivity index (χ2v) is 3.16. The zero-order valence-electron chi connectivity index (χ0n) is 8.37. The van der Waals surface area contributed by atoms with E-state index < -0.39 is 0 Å². The van der Waals surface area contributed by atoms with Gasteiger partial charge >= 0.3 is 0 Å². The lowest BCUT2D eigenvalue weighted by molar-refractivity contribution is -0.128. The van der Waals surface area contributed by atoms with Gasteiger partial charge in [-0.2, -0.15) is 0 Å². The Morgan fingerprint density at radius 3 is 2.73 bits per heavy atom. The molecule has 2 rings (SSSR count). The monoisotopic (exact) mass is 225 g/mol. The molecular formula is C11H12ClNO2. The number of carbonyl (C=O) groups is 1. The summed E-state index contributed by atoms with van der Waals surface area (Å²) in [7, 11) is 0. The fraction of sp³-hybridized carbons (Fsp3) is 0.182. The quantitative estimate of drug-likeness (QED) is 0.799. The smallest absolute Gasteiger partial charge is 0.293 e. The van der Waals surface area contributed by atoms with Crippen molar-refractivity contribution in [1.29, 1.82) is 0 Å². The highest BCUT2D eigenvalue weighted by Gasteiger charge is 1.93. The predicted octanol–water partition coefficient (Wildman–Crippen LogP) is 3.00. The summed E-state index contributed by atoms with van der Waals surface area (Å²) < 4.78 is 4.15. The number of hydrogen-bond acceptors (Lipinski definition) is 2. The van der Waals surface area contributed by atoms with Gasteiger partial charge in [0.25, 0.3) is 6.47 Å². The summed E-state index contributed by atoms with van der Waals surface area (Å²) >= 11 is 5.73. The van der Waals surface area contributed by atoms with Crippen molar-refractivity contribution in [3.8, 4) is 0 Å². The number of aromatic nitrogens is 1. The van der Waals surface area contributed by atoms with E-state index in [0.717, 1.165) is 10.9 Å². The van der Waals surface area contributed by atoms with Crippen LogP contribution < -0.4 is 0 Å². The Balaban J connectivity index is 0.000000195. The standard InChI is InChI=1S/C8H6ClN.C3H6O2/c9-8-5-6-3-1-2-4-7(6)10-8;1-2-5-3-4/h1-5,10H;3H,2H2,1H3. The first-order valence-corrected chi connectivity index (χ1v) is 4.94. The van der Waals surface area contributed by atoms with Gasteiger partial charge in [0.1, 0.15) is 5.15 Å². The van der Waals surface area contributed by atoms with E-state index in [0.29, 0.717) is 18.2 Å². The largest absolute Gasteiger partial charge is 0.468 e. The Bertz CT molecular complexity index is 392. The van der Waals surface area contributed by atoms with Crippen molar-refractivity contribution in [2.45, 2.75) is 6.92 Å². The van der Waals surface area contributed by atoms with Crippen molar-refractivity contribution in [1.82, 2.24) is 4.98 Å². The van der Waals surface area contributed by atoms with Crippen molar-refractivity contribution >= 4 is 29.0 Å². The minimum atomic E-state index is 0.431. The van der Waals surface area contributed by atoms with E-state index in [2.05, 4.69) is 9.72 Å². The first-order chi connectivity index (χ1) is 7.27. The lowest BCUT2D eigenvalue weighted by atomic mass is 10.3. The molecule has 0 aliphatic carbocycles. The second-order valence-electron chi connectivity index (χ2n) is 2.76. The SMILES string of the molecule is CCOC=O.Clc1cc2ccccc2[nH]1. The van der Waals surface area contributed by atoms with Crippen molar-refractivity contribution in [3.63, 3.8) is 0 Å². The Kier molecular flexibility index (Phi) is 4.71. The predicted molar refractivity (Wildman–Crippen MR) is 61.0 cm³/mol. The molecular weight excluding hydrogens is 214 g/mol. The van der Waals surface area contributed by atoms with Gasteiger partial charge in [0, 0.05) is 10.9 Å². The van der Waals surface area contributed by atoms with E-state index in [-0.39, 0.29) is 0 Å². The summed E-state index contributed by atoms with van der Waals surface area (Å²) in [6.45, 7) is 2.66. The lowest BCUT2D eigenvalue weighted by Crippen LogP contribution is -1.80. The average molecular weight is 226 g/mol. The fourth-order valence-corrected chi connectivity index (χ4v) is 1.33. The molecule has 0 unspecified atom stereocenters. The third kappa shape index (κ3) is 3.64. The molecule has 4 heteroatoms. The Labute approximate surface area is 93.0 Å². The van der Waals surface area contributed by atoms with Gasteiger partial charge in [0.05, 0.1) is 6.61 Å². The molecule has 3 nitrogen and oxygen atoms in total. The molecule has 2 aromatic rings. The summed E-state index contributed by atoms with van der Waals surface area (Å²) in [5.41, 5.74) is 1.09. The van der Waals surface area contributed by atoms with Crippen LogP contribution in [0.1, 0.15) is 6.92 Å². The molecule has 0 saturated heterocycles. The number of halogens is 1. The molecule has 0 radical (unpaired) electrons. The molecule has 0 aliphatic heterocycles. The number of para-hydroxylation sites is 1. The van der Waals surface area contributed by atoms with E-state index in [1.165, 1.54) is 0 Å². The van der Waals surface area contributed by atoms with Crippen LogP contribution >= 0.6 is 11.6 Å². The molecule has 0 aliphatic rings. The first kappa shape index (κ1) is 11.6. The van der Waals surface area contributed by atoms with Crippen LogP contribution in [0.25, 0.3) is 10.9 Å². The van der Waals surface area contributed by atoms with E-state index in [1.807, 2.05) is 30.3 Å². The van der Waals surface area contributed by atoms with Gasteiger partial charge in [0.15, 0.2) is 0 Å². The van der Waals surface area contributed by atoms with E-state index in [4.69, 9.17) is 11.6 Å². The highest BCUT2D eigenvalue weighted by molar-refractivity contribution is 6.30. The van der Waals surface area contributed by atoms with Crippen molar-refractivity contribution in [3.05, 3.63) is 35.5 Å². The van der Waals surface area contributed by atoms with Gasteiger partial charge in [-0.1, -0.05) is 29.8 Å². The van der Waals surface area contributed by atoms with E-state index >= 15 is 0 Å². The molecule has 1 N–H and O–H groups in total. The minimum absolute atomic E-state index is 0.431. The molecule has 1 aromatic carbocycles. The molecule has 0 amide bonds. The maximum absolute atomic E-state index is 9.18. The molecule has 0 atom stereocenters. The lowest BCUT2D eigenvalue weighted by Gasteiger charge is -1.83. The topological polar surface area (TPSA) is 42.1 Å². The van der Waals surface area contributed by atoms with Crippen LogP contribution in [0.15, 0.2) is 30.3 Å². The zero-order chi connectivity index (χ0) is 11.1.